The van der Waals surface area contributed by atoms with E-state index in [1.165, 1.54) is 32.7 Å². The molecule has 336 valence electrons. The normalized spacial score (nSPS) is 14.5. The average Bonchev–Trinajstić information content (AvgIpc) is 3.39. The standard InChI is InChI=1S/C62H52O6/c1-3-11-49-39-51(27-21-43(49)9-1)45-17-23-47(24-18-45)57-41-53-13-5-7-15-55(53)59-60-56-16-8-6-14-54(56)42-58(48-25-19-46(20-26-48)52-28-22-44-10-2-4-12-50(44)40-52)62(60)68-38-36-66-34-32-64-30-29-63-31-33-65-35-37-67-61(57)59/h1-28,39-42H,29-38H2. The van der Waals surface area contributed by atoms with E-state index in [0.717, 1.165) is 77.6 Å². The van der Waals surface area contributed by atoms with Crippen LogP contribution in [-0.4, -0.2) is 66.1 Å². The fourth-order valence-electron chi connectivity index (χ4n) is 9.47. The van der Waals surface area contributed by atoms with E-state index in [1.807, 2.05) is 0 Å². The maximum absolute atomic E-state index is 7.11. The predicted octanol–water partition coefficient (Wildman–Crippen LogP) is 14.5. The van der Waals surface area contributed by atoms with Crippen molar-refractivity contribution in [2.24, 2.45) is 0 Å². The molecular formula is C62H52O6. The first-order chi connectivity index (χ1) is 33.7. The zero-order valence-corrected chi connectivity index (χ0v) is 38.0. The predicted molar refractivity (Wildman–Crippen MR) is 278 cm³/mol. The SMILES string of the molecule is c1ccc2cc(-c3ccc(-c4cc5ccccc5c5c4OCCOCCOCCOCCOCCOc4c(-c6ccc(-c7ccc8ccccc8c7)cc6)cc6ccccc6c4-5)cc3)ccc2c1. The van der Waals surface area contributed by atoms with Gasteiger partial charge in [0, 0.05) is 22.3 Å². The maximum atomic E-state index is 7.11. The van der Waals surface area contributed by atoms with Crippen molar-refractivity contribution < 1.29 is 28.4 Å². The first-order valence-electron chi connectivity index (χ1n) is 23.6. The quantitative estimate of drug-likeness (QED) is 0.175. The van der Waals surface area contributed by atoms with E-state index in [0.29, 0.717) is 66.1 Å². The molecule has 1 heterocycles. The molecule has 0 bridgehead atoms. The molecule has 11 rings (SSSR count). The highest BCUT2D eigenvalue weighted by atomic mass is 16.6. The van der Waals surface area contributed by atoms with Crippen molar-refractivity contribution in [2.75, 3.05) is 66.1 Å². The first kappa shape index (κ1) is 43.3. The van der Waals surface area contributed by atoms with E-state index < -0.39 is 0 Å². The fraction of sp³-hybridized carbons (Fsp3) is 0.161. The van der Waals surface area contributed by atoms with Gasteiger partial charge in [-0.05, 0) is 101 Å². The lowest BCUT2D eigenvalue weighted by Gasteiger charge is -2.24. The largest absolute Gasteiger partial charge is 0.490 e. The topological polar surface area (TPSA) is 55.4 Å². The third-order valence-corrected chi connectivity index (χ3v) is 12.9. The third-order valence-electron chi connectivity index (χ3n) is 12.9. The van der Waals surface area contributed by atoms with Crippen LogP contribution in [0.2, 0.25) is 0 Å². The first-order valence-corrected chi connectivity index (χ1v) is 23.6. The minimum absolute atomic E-state index is 0.328. The van der Waals surface area contributed by atoms with E-state index in [4.69, 9.17) is 28.4 Å². The molecule has 0 radical (unpaired) electrons. The van der Waals surface area contributed by atoms with Crippen LogP contribution in [0.5, 0.6) is 11.5 Å². The van der Waals surface area contributed by atoms with Crippen molar-refractivity contribution >= 4 is 43.1 Å². The van der Waals surface area contributed by atoms with Crippen LogP contribution < -0.4 is 9.47 Å². The molecule has 0 atom stereocenters. The number of rotatable bonds is 4. The summed E-state index contributed by atoms with van der Waals surface area (Å²) in [6.07, 6.45) is 0. The summed E-state index contributed by atoms with van der Waals surface area (Å²) in [5.41, 5.74) is 10.6. The van der Waals surface area contributed by atoms with Crippen LogP contribution in [0.4, 0.5) is 0 Å². The van der Waals surface area contributed by atoms with Gasteiger partial charge in [0.2, 0.25) is 0 Å². The Hall–Kier alpha value is -7.32. The van der Waals surface area contributed by atoms with Gasteiger partial charge in [0.05, 0.1) is 52.9 Å². The average molecular weight is 893 g/mol. The van der Waals surface area contributed by atoms with Crippen LogP contribution in [0.15, 0.2) is 194 Å². The molecule has 0 aromatic heterocycles. The zero-order valence-electron chi connectivity index (χ0n) is 38.0. The van der Waals surface area contributed by atoms with Crippen molar-refractivity contribution in [3.05, 3.63) is 194 Å². The van der Waals surface area contributed by atoms with Crippen LogP contribution in [0.1, 0.15) is 0 Å². The summed E-state index contributed by atoms with van der Waals surface area (Å²) in [7, 11) is 0. The van der Waals surface area contributed by atoms with E-state index in [9.17, 15) is 0 Å². The summed E-state index contributed by atoms with van der Waals surface area (Å²) in [6.45, 7) is 4.25. The molecule has 10 aromatic carbocycles. The maximum Gasteiger partial charge on any atom is 0.135 e. The molecule has 0 saturated carbocycles. The van der Waals surface area contributed by atoms with Gasteiger partial charge in [0.15, 0.2) is 0 Å². The minimum Gasteiger partial charge on any atom is -0.490 e. The van der Waals surface area contributed by atoms with Gasteiger partial charge in [-0.2, -0.15) is 0 Å². The Labute approximate surface area is 397 Å². The molecule has 0 saturated heterocycles. The summed E-state index contributed by atoms with van der Waals surface area (Å²) in [6, 6.07) is 69.8. The van der Waals surface area contributed by atoms with Gasteiger partial charge in [-0.3, -0.25) is 0 Å². The van der Waals surface area contributed by atoms with Crippen LogP contribution in [0.3, 0.4) is 0 Å². The second-order valence-corrected chi connectivity index (χ2v) is 17.1. The molecule has 0 aliphatic carbocycles. The second-order valence-electron chi connectivity index (χ2n) is 17.1. The van der Waals surface area contributed by atoms with Crippen molar-refractivity contribution in [2.45, 2.75) is 0 Å². The van der Waals surface area contributed by atoms with E-state index in [2.05, 4.69) is 194 Å². The molecule has 10 aromatic rings. The van der Waals surface area contributed by atoms with Crippen molar-refractivity contribution in [3.63, 3.8) is 0 Å². The molecular weight excluding hydrogens is 841 g/mol. The van der Waals surface area contributed by atoms with Crippen molar-refractivity contribution in [3.8, 4) is 67.1 Å². The molecule has 1 aliphatic rings. The number of benzene rings is 10. The molecule has 0 fully saturated rings. The van der Waals surface area contributed by atoms with Gasteiger partial charge in [-0.15, -0.1) is 0 Å². The monoisotopic (exact) mass is 892 g/mol. The smallest absolute Gasteiger partial charge is 0.135 e. The van der Waals surface area contributed by atoms with Gasteiger partial charge < -0.3 is 28.4 Å². The lowest BCUT2D eigenvalue weighted by Crippen LogP contribution is -2.15. The molecule has 1 aliphatic heterocycles. The van der Waals surface area contributed by atoms with Crippen molar-refractivity contribution in [1.29, 1.82) is 0 Å². The number of ether oxygens (including phenoxy) is 6. The molecule has 0 spiro atoms. The second kappa shape index (κ2) is 20.3. The Morgan fingerprint density at radius 2 is 0.544 bits per heavy atom. The zero-order chi connectivity index (χ0) is 45.5. The van der Waals surface area contributed by atoms with Gasteiger partial charge in [0.25, 0.3) is 0 Å². The van der Waals surface area contributed by atoms with Crippen LogP contribution in [0, 0.1) is 0 Å². The number of hydrogen-bond donors (Lipinski definition) is 0. The summed E-state index contributed by atoms with van der Waals surface area (Å²) >= 11 is 0. The highest BCUT2D eigenvalue weighted by molar-refractivity contribution is 6.14. The Morgan fingerprint density at radius 3 is 0.941 bits per heavy atom. The molecule has 6 heteroatoms. The molecule has 0 unspecified atom stereocenters. The third kappa shape index (κ3) is 9.20. The Kier molecular flexibility index (Phi) is 12.9. The van der Waals surface area contributed by atoms with Crippen LogP contribution in [-0.2, 0) is 18.9 Å². The lowest BCUT2D eigenvalue weighted by molar-refractivity contribution is -0.00701. The van der Waals surface area contributed by atoms with E-state index >= 15 is 0 Å². The lowest BCUT2D eigenvalue weighted by atomic mass is 9.86. The summed E-state index contributed by atoms with van der Waals surface area (Å²) < 4.78 is 38.0. The van der Waals surface area contributed by atoms with E-state index in [-0.39, 0.29) is 0 Å². The van der Waals surface area contributed by atoms with E-state index in [1.54, 1.807) is 0 Å². The molecule has 6 nitrogen and oxygen atoms in total. The Balaban J connectivity index is 1.09. The van der Waals surface area contributed by atoms with Crippen LogP contribution >= 0.6 is 0 Å². The summed E-state index contributed by atoms with van der Waals surface area (Å²) in [5, 5.41) is 9.19. The minimum atomic E-state index is 0.328. The van der Waals surface area contributed by atoms with Crippen molar-refractivity contribution in [1.82, 2.24) is 0 Å². The number of hydrogen-bond acceptors (Lipinski definition) is 6. The summed E-state index contributed by atoms with van der Waals surface area (Å²) in [4.78, 5) is 0. The highest BCUT2D eigenvalue weighted by Gasteiger charge is 2.26. The molecule has 0 N–H and O–H groups in total. The fourth-order valence-corrected chi connectivity index (χ4v) is 9.47. The van der Waals surface area contributed by atoms with Gasteiger partial charge in [0.1, 0.15) is 24.7 Å². The van der Waals surface area contributed by atoms with Gasteiger partial charge in [-0.1, -0.05) is 170 Å². The Bertz CT molecular complexity index is 3130. The molecule has 0 amide bonds. The molecule has 68 heavy (non-hydrogen) atoms. The number of fused-ring (bicyclic) bond motifs is 9. The van der Waals surface area contributed by atoms with Gasteiger partial charge >= 0.3 is 0 Å². The Morgan fingerprint density at radius 1 is 0.235 bits per heavy atom. The summed E-state index contributed by atoms with van der Waals surface area (Å²) in [5.74, 6) is 1.53. The van der Waals surface area contributed by atoms with Gasteiger partial charge in [-0.25, -0.2) is 0 Å². The van der Waals surface area contributed by atoms with Crippen LogP contribution in [0.25, 0.3) is 98.7 Å². The highest BCUT2D eigenvalue weighted by Crippen LogP contribution is 2.52.